The third-order valence-electron chi connectivity index (χ3n) is 5.07. The average molecular weight is 430 g/mol. The average Bonchev–Trinajstić information content (AvgIpc) is 2.81. The smallest absolute Gasteiger partial charge is 0.306 e. The summed E-state index contributed by atoms with van der Waals surface area (Å²) in [5, 5.41) is 0. The summed E-state index contributed by atoms with van der Waals surface area (Å²) < 4.78 is 34.3. The van der Waals surface area contributed by atoms with Crippen LogP contribution in [-0.2, 0) is 39.8 Å². The fourth-order valence-corrected chi connectivity index (χ4v) is 3.61. The Bertz CT molecular complexity index is 768. The largest absolute Gasteiger partial charge is 0.457 e. The first kappa shape index (κ1) is 23.4. The van der Waals surface area contributed by atoms with Gasteiger partial charge in [-0.3, -0.25) is 4.79 Å². The van der Waals surface area contributed by atoms with Gasteiger partial charge in [-0.05, 0) is 17.5 Å². The van der Waals surface area contributed by atoms with E-state index in [1.165, 1.54) is 0 Å². The number of carbonyl (C=O) groups excluding carboxylic acids is 1. The van der Waals surface area contributed by atoms with Gasteiger partial charge in [0.1, 0.15) is 25.8 Å². The van der Waals surface area contributed by atoms with E-state index in [0.29, 0.717) is 19.4 Å². The van der Waals surface area contributed by atoms with Gasteiger partial charge in [0.05, 0.1) is 12.7 Å². The van der Waals surface area contributed by atoms with Gasteiger partial charge in [0.2, 0.25) is 0 Å². The van der Waals surface area contributed by atoms with E-state index in [4.69, 9.17) is 28.4 Å². The van der Waals surface area contributed by atoms with Crippen LogP contribution in [0.4, 0.5) is 0 Å². The molecule has 0 radical (unpaired) electrons. The molecule has 0 aliphatic carbocycles. The summed E-state index contributed by atoms with van der Waals surface area (Å²) in [6, 6.07) is 19.5. The minimum absolute atomic E-state index is 0.0177. The Hall–Kier alpha value is -2.29. The first-order valence-corrected chi connectivity index (χ1v) is 10.3. The van der Waals surface area contributed by atoms with Gasteiger partial charge in [0.25, 0.3) is 0 Å². The van der Waals surface area contributed by atoms with Gasteiger partial charge >= 0.3 is 5.97 Å². The van der Waals surface area contributed by atoms with Crippen LogP contribution in [0.2, 0.25) is 0 Å². The molecule has 7 nitrogen and oxygen atoms in total. The maximum absolute atomic E-state index is 12.2. The summed E-state index contributed by atoms with van der Waals surface area (Å²) in [5.41, 5.74) is 1.92. The lowest BCUT2D eigenvalue weighted by atomic mass is 9.93. The molecule has 0 aromatic heterocycles. The normalized spacial score (nSPS) is 20.8. The summed E-state index contributed by atoms with van der Waals surface area (Å²) in [4.78, 5) is 12.2. The lowest BCUT2D eigenvalue weighted by Gasteiger charge is -2.39. The zero-order chi connectivity index (χ0) is 21.9. The minimum Gasteiger partial charge on any atom is -0.457 e. The molecular weight excluding hydrogens is 400 g/mol. The van der Waals surface area contributed by atoms with Gasteiger partial charge in [0, 0.05) is 20.6 Å². The molecule has 0 amide bonds. The molecule has 2 aromatic carbocycles. The van der Waals surface area contributed by atoms with Crippen LogP contribution >= 0.6 is 0 Å². The van der Waals surface area contributed by atoms with Crippen molar-refractivity contribution in [1.82, 2.24) is 0 Å². The Morgan fingerprint density at radius 2 is 1.58 bits per heavy atom. The topological polar surface area (TPSA) is 72.5 Å². The molecule has 3 rings (SSSR count). The van der Waals surface area contributed by atoms with Crippen molar-refractivity contribution in [1.29, 1.82) is 0 Å². The number of methoxy groups -OCH3 is 2. The molecule has 1 aliphatic heterocycles. The molecule has 4 atom stereocenters. The molecule has 2 aromatic rings. The van der Waals surface area contributed by atoms with Crippen LogP contribution in [0.15, 0.2) is 60.7 Å². The lowest BCUT2D eigenvalue weighted by Crippen LogP contribution is -2.50. The zero-order valence-corrected chi connectivity index (χ0v) is 18.0. The van der Waals surface area contributed by atoms with Crippen molar-refractivity contribution in [2.75, 3.05) is 27.8 Å². The second-order valence-corrected chi connectivity index (χ2v) is 7.27. The number of ether oxygens (including phenoxy) is 6. The first-order valence-electron chi connectivity index (χ1n) is 10.3. The van der Waals surface area contributed by atoms with Crippen molar-refractivity contribution >= 4 is 5.97 Å². The van der Waals surface area contributed by atoms with Crippen molar-refractivity contribution in [3.8, 4) is 0 Å². The van der Waals surface area contributed by atoms with E-state index in [9.17, 15) is 4.79 Å². The van der Waals surface area contributed by atoms with E-state index in [1.807, 2.05) is 60.7 Å². The van der Waals surface area contributed by atoms with Gasteiger partial charge in [-0.15, -0.1) is 0 Å². The van der Waals surface area contributed by atoms with Gasteiger partial charge in [-0.1, -0.05) is 60.7 Å². The molecule has 168 valence electrons. The van der Waals surface area contributed by atoms with Crippen LogP contribution in [0.3, 0.4) is 0 Å². The van der Waals surface area contributed by atoms with Crippen molar-refractivity contribution in [3.63, 3.8) is 0 Å². The molecule has 0 unspecified atom stereocenters. The highest BCUT2D eigenvalue weighted by atomic mass is 16.7. The van der Waals surface area contributed by atoms with Crippen molar-refractivity contribution < 1.29 is 33.2 Å². The highest BCUT2D eigenvalue weighted by Gasteiger charge is 2.43. The van der Waals surface area contributed by atoms with E-state index >= 15 is 0 Å². The van der Waals surface area contributed by atoms with E-state index in [0.717, 1.165) is 11.1 Å². The molecule has 0 bridgehead atoms. The quantitative estimate of drug-likeness (QED) is 0.376. The summed E-state index contributed by atoms with van der Waals surface area (Å²) in [6.45, 7) is 0.484. The third-order valence-corrected chi connectivity index (χ3v) is 5.07. The van der Waals surface area contributed by atoms with Crippen molar-refractivity contribution in [3.05, 3.63) is 71.8 Å². The van der Waals surface area contributed by atoms with E-state index in [-0.39, 0.29) is 25.7 Å². The molecule has 7 heteroatoms. The Morgan fingerprint density at radius 3 is 2.26 bits per heavy atom. The Morgan fingerprint density at radius 1 is 0.935 bits per heavy atom. The van der Waals surface area contributed by atoms with E-state index in [1.54, 1.807) is 14.2 Å². The third kappa shape index (κ3) is 6.85. The first-order chi connectivity index (χ1) is 15.2. The van der Waals surface area contributed by atoms with Crippen LogP contribution in [0.5, 0.6) is 0 Å². The predicted octanol–water partition coefficient (Wildman–Crippen LogP) is 3.63. The highest BCUT2D eigenvalue weighted by molar-refractivity contribution is 5.70. The fraction of sp³-hybridized carbons (Fsp3) is 0.458. The SMILES string of the molecule is COCO[C@@H]([C@@H]1OC(=O)CC[C@@H]1OCc1ccccc1)[C@@H](OCOC)c1ccccc1. The van der Waals surface area contributed by atoms with Crippen LogP contribution in [-0.4, -0.2) is 52.1 Å². The molecule has 1 heterocycles. The number of rotatable bonds is 12. The van der Waals surface area contributed by atoms with Crippen molar-refractivity contribution in [2.24, 2.45) is 0 Å². The molecular formula is C24H30O7. The molecule has 1 fully saturated rings. The maximum Gasteiger partial charge on any atom is 0.306 e. The van der Waals surface area contributed by atoms with Gasteiger partial charge < -0.3 is 28.4 Å². The van der Waals surface area contributed by atoms with Crippen LogP contribution < -0.4 is 0 Å². The van der Waals surface area contributed by atoms with Gasteiger partial charge in [-0.25, -0.2) is 0 Å². The molecule has 1 saturated heterocycles. The summed E-state index contributed by atoms with van der Waals surface area (Å²) in [6.07, 6.45) is -1.38. The number of hydrogen-bond donors (Lipinski definition) is 0. The van der Waals surface area contributed by atoms with Crippen molar-refractivity contribution in [2.45, 2.75) is 43.9 Å². The fourth-order valence-electron chi connectivity index (χ4n) is 3.61. The number of carbonyl (C=O) groups is 1. The number of hydrogen-bond acceptors (Lipinski definition) is 7. The monoisotopic (exact) mass is 430 g/mol. The van der Waals surface area contributed by atoms with Crippen LogP contribution in [0.1, 0.15) is 30.1 Å². The number of benzene rings is 2. The van der Waals surface area contributed by atoms with E-state index < -0.39 is 18.3 Å². The second kappa shape index (κ2) is 12.5. The molecule has 0 N–H and O–H groups in total. The van der Waals surface area contributed by atoms with E-state index in [2.05, 4.69) is 0 Å². The van der Waals surface area contributed by atoms with Gasteiger partial charge in [0.15, 0.2) is 6.10 Å². The molecule has 1 aliphatic rings. The Labute approximate surface area is 183 Å². The minimum atomic E-state index is -0.665. The summed E-state index contributed by atoms with van der Waals surface area (Å²) in [7, 11) is 3.10. The van der Waals surface area contributed by atoms with Gasteiger partial charge in [-0.2, -0.15) is 0 Å². The van der Waals surface area contributed by atoms with Crippen LogP contribution in [0, 0.1) is 0 Å². The Kier molecular flexibility index (Phi) is 9.45. The lowest BCUT2D eigenvalue weighted by molar-refractivity contribution is -0.227. The van der Waals surface area contributed by atoms with Crippen LogP contribution in [0.25, 0.3) is 0 Å². The standard InChI is InChI=1S/C24H30O7/c1-26-16-29-22(19-11-7-4-8-12-19)24(30-17-27-2)23-20(13-14-21(25)31-23)28-15-18-9-5-3-6-10-18/h3-12,20,22-24H,13-17H2,1-2H3/t20-,22-,23+,24+/m0/s1. The number of esters is 1. The zero-order valence-electron chi connectivity index (χ0n) is 18.0. The Balaban J connectivity index is 1.85. The summed E-state index contributed by atoms with van der Waals surface area (Å²) >= 11 is 0. The molecule has 0 saturated carbocycles. The predicted molar refractivity (Wildman–Crippen MR) is 113 cm³/mol. The summed E-state index contributed by atoms with van der Waals surface area (Å²) in [5.74, 6) is -0.283. The second-order valence-electron chi connectivity index (χ2n) is 7.27. The molecule has 0 spiro atoms. The molecule has 31 heavy (non-hydrogen) atoms. The highest BCUT2D eigenvalue weighted by Crippen LogP contribution is 2.33. The number of cyclic esters (lactones) is 1. The maximum atomic E-state index is 12.2.